The number of hydrogen-bond donors (Lipinski definition) is 1. The maximum atomic E-state index is 4.20. The van der Waals surface area contributed by atoms with Crippen LogP contribution in [0, 0.1) is 11.8 Å². The molecule has 1 nitrogen and oxygen atoms in total. The summed E-state index contributed by atoms with van der Waals surface area (Å²) in [6.07, 6.45) is 9.02. The predicted molar refractivity (Wildman–Crippen MR) is 103 cm³/mol. The molecule has 2 aromatic carbocycles. The number of benzene rings is 2. The van der Waals surface area contributed by atoms with E-state index in [2.05, 4.69) is 78.6 Å². The van der Waals surface area contributed by atoms with E-state index in [1.165, 1.54) is 43.2 Å². The van der Waals surface area contributed by atoms with E-state index in [0.717, 1.165) is 12.5 Å². The Balaban J connectivity index is 1.79. The molecule has 2 aromatic rings. The van der Waals surface area contributed by atoms with E-state index in [9.17, 15) is 0 Å². The van der Waals surface area contributed by atoms with Crippen molar-refractivity contribution in [1.82, 2.24) is 5.32 Å². The van der Waals surface area contributed by atoms with Crippen LogP contribution in [0.3, 0.4) is 0 Å². The van der Waals surface area contributed by atoms with Crippen LogP contribution in [0.1, 0.15) is 49.3 Å². The van der Waals surface area contributed by atoms with Gasteiger partial charge in [-0.25, -0.2) is 0 Å². The highest BCUT2D eigenvalue weighted by molar-refractivity contribution is 5.22. The topological polar surface area (TPSA) is 12.0 Å². The average Bonchev–Trinajstić information content (AvgIpc) is 2.67. The van der Waals surface area contributed by atoms with Gasteiger partial charge >= 0.3 is 0 Å². The van der Waals surface area contributed by atoms with Crippen LogP contribution in [0.25, 0.3) is 0 Å². The number of nitrogens with one attached hydrogen (secondary N) is 1. The highest BCUT2D eigenvalue weighted by Crippen LogP contribution is 2.37. The van der Waals surface area contributed by atoms with Crippen LogP contribution in [0.5, 0.6) is 0 Å². The third-order valence-corrected chi connectivity index (χ3v) is 5.38. The first kappa shape index (κ1) is 17.0. The molecule has 1 heteroatoms. The summed E-state index contributed by atoms with van der Waals surface area (Å²) < 4.78 is 0. The minimum Gasteiger partial charge on any atom is -0.305 e. The fraction of sp³-hybridized carbons (Fsp3) is 0.391. The number of rotatable bonds is 7. The van der Waals surface area contributed by atoms with Gasteiger partial charge in [0.25, 0.3) is 0 Å². The van der Waals surface area contributed by atoms with Gasteiger partial charge in [0.2, 0.25) is 0 Å². The highest BCUT2D eigenvalue weighted by atomic mass is 14.9. The van der Waals surface area contributed by atoms with Crippen molar-refractivity contribution in [2.45, 2.75) is 44.7 Å². The molecule has 3 rings (SSSR count). The van der Waals surface area contributed by atoms with Crippen molar-refractivity contribution in [2.24, 2.45) is 11.8 Å². The lowest BCUT2D eigenvalue weighted by molar-refractivity contribution is 0.235. The standard InChI is InChI=1S/C23H29N/c1-2-22(20-14-8-4-9-15-20)23(21-16-10-5-11-17-21)24-18-19-12-6-3-7-13-19/h2-3,5-7,10-13,16-17,20,22-24H,1,4,8-9,14-15,18H2/t22-,23+/m0/s1. The first-order valence-electron chi connectivity index (χ1n) is 9.33. The summed E-state index contributed by atoms with van der Waals surface area (Å²) in [6, 6.07) is 21.9. The minimum atomic E-state index is 0.340. The molecule has 1 saturated carbocycles. The minimum absolute atomic E-state index is 0.340. The smallest absolute Gasteiger partial charge is 0.0388 e. The molecule has 0 radical (unpaired) electrons. The van der Waals surface area contributed by atoms with Gasteiger partial charge in [-0.1, -0.05) is 86.0 Å². The lowest BCUT2D eigenvalue weighted by atomic mass is 9.75. The second-order valence-corrected chi connectivity index (χ2v) is 6.97. The zero-order valence-corrected chi connectivity index (χ0v) is 14.5. The van der Waals surface area contributed by atoms with Gasteiger partial charge in [-0.2, -0.15) is 0 Å². The Bertz CT molecular complexity index is 598. The molecule has 0 aromatic heterocycles. The fourth-order valence-corrected chi connectivity index (χ4v) is 4.08. The lowest BCUT2D eigenvalue weighted by Crippen LogP contribution is -2.32. The Labute approximate surface area is 146 Å². The van der Waals surface area contributed by atoms with Crippen LogP contribution >= 0.6 is 0 Å². The van der Waals surface area contributed by atoms with Gasteiger partial charge in [-0.05, 0) is 35.8 Å². The third-order valence-electron chi connectivity index (χ3n) is 5.38. The van der Waals surface area contributed by atoms with E-state index >= 15 is 0 Å². The van der Waals surface area contributed by atoms with Crippen LogP contribution in [0.4, 0.5) is 0 Å². The van der Waals surface area contributed by atoms with E-state index in [1.807, 2.05) is 0 Å². The Morgan fingerprint density at radius 2 is 1.54 bits per heavy atom. The summed E-state index contributed by atoms with van der Waals surface area (Å²) in [5.41, 5.74) is 2.72. The molecule has 1 aliphatic carbocycles. The molecule has 0 saturated heterocycles. The van der Waals surface area contributed by atoms with Crippen molar-refractivity contribution >= 4 is 0 Å². The van der Waals surface area contributed by atoms with Gasteiger partial charge in [0.15, 0.2) is 0 Å². The maximum absolute atomic E-state index is 4.20. The molecule has 2 atom stereocenters. The van der Waals surface area contributed by atoms with Gasteiger partial charge in [-0.3, -0.25) is 0 Å². The molecule has 1 N–H and O–H groups in total. The molecule has 0 amide bonds. The van der Waals surface area contributed by atoms with Gasteiger partial charge < -0.3 is 5.32 Å². The lowest BCUT2D eigenvalue weighted by Gasteiger charge is -2.35. The average molecular weight is 319 g/mol. The van der Waals surface area contributed by atoms with Crippen molar-refractivity contribution in [3.63, 3.8) is 0 Å². The Morgan fingerprint density at radius 3 is 2.17 bits per heavy atom. The van der Waals surface area contributed by atoms with Gasteiger partial charge in [-0.15, -0.1) is 6.58 Å². The van der Waals surface area contributed by atoms with E-state index in [4.69, 9.17) is 0 Å². The second-order valence-electron chi connectivity index (χ2n) is 6.97. The molecule has 1 aliphatic rings. The van der Waals surface area contributed by atoms with Crippen LogP contribution in [-0.4, -0.2) is 0 Å². The molecule has 126 valence electrons. The van der Waals surface area contributed by atoms with Crippen LogP contribution in [0.2, 0.25) is 0 Å². The zero-order valence-electron chi connectivity index (χ0n) is 14.5. The van der Waals surface area contributed by atoms with E-state index < -0.39 is 0 Å². The molecular formula is C23H29N. The van der Waals surface area contributed by atoms with E-state index in [1.54, 1.807) is 0 Å². The molecule has 0 heterocycles. The van der Waals surface area contributed by atoms with Gasteiger partial charge in [0.05, 0.1) is 0 Å². The SMILES string of the molecule is C=C[C@@H](C1CCCCC1)[C@H](NCc1ccccc1)c1ccccc1. The first-order valence-corrected chi connectivity index (χ1v) is 9.33. The summed E-state index contributed by atoms with van der Waals surface area (Å²) in [4.78, 5) is 0. The summed E-state index contributed by atoms with van der Waals surface area (Å²) in [7, 11) is 0. The molecule has 0 aliphatic heterocycles. The molecule has 0 spiro atoms. The van der Waals surface area contributed by atoms with Gasteiger partial charge in [0.1, 0.15) is 0 Å². The maximum Gasteiger partial charge on any atom is 0.0388 e. The summed E-state index contributed by atoms with van der Waals surface area (Å²) in [5.74, 6) is 1.25. The molecule has 0 bridgehead atoms. The quantitative estimate of drug-likeness (QED) is 0.626. The van der Waals surface area contributed by atoms with E-state index in [-0.39, 0.29) is 0 Å². The molecular weight excluding hydrogens is 290 g/mol. The predicted octanol–water partition coefficient (Wildman–Crippen LogP) is 5.90. The first-order chi connectivity index (χ1) is 11.9. The fourth-order valence-electron chi connectivity index (χ4n) is 4.08. The van der Waals surface area contributed by atoms with Crippen molar-refractivity contribution in [2.75, 3.05) is 0 Å². The molecule has 0 unspecified atom stereocenters. The molecule has 24 heavy (non-hydrogen) atoms. The van der Waals surface area contributed by atoms with Crippen molar-refractivity contribution in [3.8, 4) is 0 Å². The summed E-state index contributed by atoms with van der Waals surface area (Å²) in [5, 5.41) is 3.83. The Hall–Kier alpha value is -1.86. The largest absolute Gasteiger partial charge is 0.305 e. The van der Waals surface area contributed by atoms with Crippen molar-refractivity contribution in [3.05, 3.63) is 84.4 Å². The second kappa shape index (κ2) is 8.84. The number of hydrogen-bond acceptors (Lipinski definition) is 1. The van der Waals surface area contributed by atoms with Crippen molar-refractivity contribution < 1.29 is 0 Å². The van der Waals surface area contributed by atoms with E-state index in [0.29, 0.717) is 12.0 Å². The Kier molecular flexibility index (Phi) is 6.26. The van der Waals surface area contributed by atoms with Gasteiger partial charge in [0, 0.05) is 12.6 Å². The van der Waals surface area contributed by atoms with Crippen LogP contribution < -0.4 is 5.32 Å². The third kappa shape index (κ3) is 4.36. The summed E-state index contributed by atoms with van der Waals surface area (Å²) in [6.45, 7) is 5.10. The summed E-state index contributed by atoms with van der Waals surface area (Å²) >= 11 is 0. The normalized spacial score (nSPS) is 18.0. The van der Waals surface area contributed by atoms with Crippen LogP contribution in [0.15, 0.2) is 73.3 Å². The highest BCUT2D eigenvalue weighted by Gasteiger charge is 2.29. The monoisotopic (exact) mass is 319 g/mol. The Morgan fingerprint density at radius 1 is 0.917 bits per heavy atom. The van der Waals surface area contributed by atoms with Crippen LogP contribution in [-0.2, 0) is 6.54 Å². The zero-order chi connectivity index (χ0) is 16.6. The van der Waals surface area contributed by atoms with Crippen molar-refractivity contribution in [1.29, 1.82) is 0 Å². The molecule has 1 fully saturated rings.